The summed E-state index contributed by atoms with van der Waals surface area (Å²) < 4.78 is 102. The van der Waals surface area contributed by atoms with Gasteiger partial charge in [-0.05, 0) is 49.8 Å². The molecule has 1 fully saturated rings. The van der Waals surface area contributed by atoms with Crippen molar-refractivity contribution in [3.05, 3.63) is 29.8 Å². The van der Waals surface area contributed by atoms with Gasteiger partial charge < -0.3 is 5.73 Å². The van der Waals surface area contributed by atoms with Crippen LogP contribution in [0.3, 0.4) is 0 Å². The lowest BCUT2D eigenvalue weighted by atomic mass is 9.88. The Kier molecular flexibility index (Phi) is 7.44. The fourth-order valence-electron chi connectivity index (χ4n) is 3.69. The number of carbonyl (C=O) groups excluding carboxylic acids is 1. The van der Waals surface area contributed by atoms with Gasteiger partial charge in [-0.2, -0.15) is 26.3 Å². The van der Waals surface area contributed by atoms with Gasteiger partial charge in [-0.1, -0.05) is 6.07 Å². The van der Waals surface area contributed by atoms with E-state index in [1.54, 1.807) is 0 Å². The Morgan fingerprint density at radius 3 is 2.17 bits per heavy atom. The summed E-state index contributed by atoms with van der Waals surface area (Å²) in [5, 5.41) is -0.913. The highest BCUT2D eigenvalue weighted by molar-refractivity contribution is 7.92. The largest absolute Gasteiger partial charge is 0.416 e. The molecule has 1 amide bonds. The highest BCUT2D eigenvalue weighted by atomic mass is 32.2. The molecule has 0 radical (unpaired) electrons. The van der Waals surface area contributed by atoms with E-state index in [-0.39, 0.29) is 38.1 Å². The minimum Gasteiger partial charge on any atom is -0.369 e. The number of benzene rings is 1. The summed E-state index contributed by atoms with van der Waals surface area (Å²) in [5.41, 5.74) is 3.93. The van der Waals surface area contributed by atoms with Gasteiger partial charge in [-0.3, -0.25) is 9.69 Å². The van der Waals surface area contributed by atoms with E-state index >= 15 is 0 Å². The van der Waals surface area contributed by atoms with Crippen molar-refractivity contribution in [3.8, 4) is 0 Å². The molecule has 1 aromatic carbocycles. The SMILES string of the molecule is NC(=O)CN(CC1CCC(S(=O)(=O)c2cccc(C(F)(F)F)c2)CC1)CC(F)(F)F. The second-order valence-electron chi connectivity index (χ2n) is 7.46. The van der Waals surface area contributed by atoms with Crippen molar-refractivity contribution in [1.82, 2.24) is 4.90 Å². The van der Waals surface area contributed by atoms with Crippen LogP contribution >= 0.6 is 0 Å². The average molecular weight is 460 g/mol. The minimum absolute atomic E-state index is 0.0707. The molecular formula is C18H22F6N2O3S. The molecule has 0 unspecified atom stereocenters. The molecule has 1 saturated carbocycles. The van der Waals surface area contributed by atoms with Crippen molar-refractivity contribution >= 4 is 15.7 Å². The van der Waals surface area contributed by atoms with Gasteiger partial charge in [0.05, 0.1) is 28.8 Å². The van der Waals surface area contributed by atoms with Gasteiger partial charge in [0.15, 0.2) is 9.84 Å². The summed E-state index contributed by atoms with van der Waals surface area (Å²) in [4.78, 5) is 11.5. The normalized spacial score (nSPS) is 21.0. The van der Waals surface area contributed by atoms with Crippen molar-refractivity contribution in [2.45, 2.75) is 48.2 Å². The average Bonchev–Trinajstić information content (AvgIpc) is 2.59. The zero-order chi connectivity index (χ0) is 22.7. The van der Waals surface area contributed by atoms with Crippen LogP contribution in [0.4, 0.5) is 26.3 Å². The lowest BCUT2D eigenvalue weighted by Gasteiger charge is -2.32. The smallest absolute Gasteiger partial charge is 0.369 e. The Labute approximate surface area is 170 Å². The first-order valence-corrected chi connectivity index (χ1v) is 10.7. The second-order valence-corrected chi connectivity index (χ2v) is 9.69. The Balaban J connectivity index is 2.04. The molecule has 1 aromatic rings. The number of sulfone groups is 1. The number of carbonyl (C=O) groups is 1. The molecule has 2 rings (SSSR count). The topological polar surface area (TPSA) is 80.5 Å². The molecule has 0 aromatic heterocycles. The fraction of sp³-hybridized carbons (Fsp3) is 0.611. The standard InChI is InChI=1S/C18H22F6N2O3S/c19-17(20,21)11-26(10-16(25)27)9-12-4-6-14(7-5-12)30(28,29)15-3-1-2-13(8-15)18(22,23)24/h1-3,8,12,14H,4-7,9-11H2,(H2,25,27). The lowest BCUT2D eigenvalue weighted by Crippen LogP contribution is -2.43. The molecule has 2 N–H and O–H groups in total. The van der Waals surface area contributed by atoms with Gasteiger partial charge in [-0.25, -0.2) is 8.42 Å². The Bertz CT molecular complexity index is 846. The van der Waals surface area contributed by atoms with Gasteiger partial charge in [0, 0.05) is 6.54 Å². The number of alkyl halides is 6. The van der Waals surface area contributed by atoms with Gasteiger partial charge >= 0.3 is 12.4 Å². The van der Waals surface area contributed by atoms with Crippen LogP contribution in [-0.4, -0.2) is 50.3 Å². The van der Waals surface area contributed by atoms with Crippen molar-refractivity contribution in [2.24, 2.45) is 11.7 Å². The fourth-order valence-corrected chi connectivity index (χ4v) is 5.53. The van der Waals surface area contributed by atoms with Gasteiger partial charge in [0.1, 0.15) is 0 Å². The maximum absolute atomic E-state index is 12.9. The molecule has 0 bridgehead atoms. The predicted octanol–water partition coefficient (Wildman–Crippen LogP) is 3.39. The third-order valence-corrected chi connectivity index (χ3v) is 7.28. The third-order valence-electron chi connectivity index (χ3n) is 5.02. The molecule has 30 heavy (non-hydrogen) atoms. The summed E-state index contributed by atoms with van der Waals surface area (Å²) >= 11 is 0. The van der Waals surface area contributed by atoms with E-state index in [1.807, 2.05) is 0 Å². The highest BCUT2D eigenvalue weighted by Gasteiger charge is 2.37. The molecule has 0 atom stereocenters. The van der Waals surface area contributed by atoms with Gasteiger partial charge in [0.25, 0.3) is 0 Å². The van der Waals surface area contributed by atoms with E-state index in [0.29, 0.717) is 6.07 Å². The predicted molar refractivity (Wildman–Crippen MR) is 96.1 cm³/mol. The number of hydrogen-bond acceptors (Lipinski definition) is 4. The summed E-state index contributed by atoms with van der Waals surface area (Å²) in [6, 6.07) is 3.51. The zero-order valence-corrected chi connectivity index (χ0v) is 16.7. The maximum Gasteiger partial charge on any atom is 0.416 e. The molecule has 12 heteroatoms. The molecule has 5 nitrogen and oxygen atoms in total. The van der Waals surface area contributed by atoms with Crippen LogP contribution < -0.4 is 5.73 Å². The number of nitrogens with two attached hydrogens (primary N) is 1. The number of halogens is 6. The number of rotatable bonds is 7. The van der Waals surface area contributed by atoms with Crippen LogP contribution in [0.15, 0.2) is 29.2 Å². The van der Waals surface area contributed by atoms with E-state index in [1.165, 1.54) is 0 Å². The molecule has 0 heterocycles. The molecule has 0 aliphatic heterocycles. The van der Waals surface area contributed by atoms with E-state index in [2.05, 4.69) is 0 Å². The second kappa shape index (κ2) is 9.13. The molecule has 1 aliphatic rings. The van der Waals surface area contributed by atoms with Crippen molar-refractivity contribution in [2.75, 3.05) is 19.6 Å². The van der Waals surface area contributed by atoms with Gasteiger partial charge in [-0.15, -0.1) is 0 Å². The molecule has 1 aliphatic carbocycles. The van der Waals surface area contributed by atoms with E-state index in [0.717, 1.165) is 23.1 Å². The van der Waals surface area contributed by atoms with E-state index in [4.69, 9.17) is 5.73 Å². The molecular weight excluding hydrogens is 438 g/mol. The monoisotopic (exact) mass is 460 g/mol. The Morgan fingerprint density at radius 1 is 1.07 bits per heavy atom. The number of amides is 1. The molecule has 170 valence electrons. The number of nitrogens with zero attached hydrogens (tertiary/aromatic N) is 1. The summed E-state index contributed by atoms with van der Waals surface area (Å²) in [6.45, 7) is -1.95. The highest BCUT2D eigenvalue weighted by Crippen LogP contribution is 2.35. The van der Waals surface area contributed by atoms with Crippen LogP contribution in [0.2, 0.25) is 0 Å². The van der Waals surface area contributed by atoms with E-state index < -0.39 is 56.9 Å². The molecule has 0 spiro atoms. The van der Waals surface area contributed by atoms with Crippen LogP contribution in [-0.2, 0) is 20.8 Å². The first kappa shape index (κ1) is 24.4. The summed E-state index contributed by atoms with van der Waals surface area (Å²) in [7, 11) is -4.01. The van der Waals surface area contributed by atoms with Crippen LogP contribution in [0.5, 0.6) is 0 Å². The summed E-state index contributed by atoms with van der Waals surface area (Å²) in [5.74, 6) is -1.18. The first-order valence-electron chi connectivity index (χ1n) is 9.17. The van der Waals surface area contributed by atoms with Crippen LogP contribution in [0.1, 0.15) is 31.2 Å². The van der Waals surface area contributed by atoms with Gasteiger partial charge in [0.2, 0.25) is 5.91 Å². The van der Waals surface area contributed by atoms with Crippen molar-refractivity contribution in [1.29, 1.82) is 0 Å². The van der Waals surface area contributed by atoms with Crippen molar-refractivity contribution < 1.29 is 39.6 Å². The Hall–Kier alpha value is -1.82. The lowest BCUT2D eigenvalue weighted by molar-refractivity contribution is -0.149. The van der Waals surface area contributed by atoms with Crippen LogP contribution in [0, 0.1) is 5.92 Å². The third kappa shape index (κ3) is 6.86. The maximum atomic E-state index is 12.9. The minimum atomic E-state index is -4.68. The Morgan fingerprint density at radius 2 is 1.67 bits per heavy atom. The zero-order valence-electron chi connectivity index (χ0n) is 15.8. The molecule has 0 saturated heterocycles. The summed E-state index contributed by atoms with van der Waals surface area (Å²) in [6.07, 6.45) is -8.42. The number of primary amides is 1. The number of hydrogen-bond donors (Lipinski definition) is 1. The van der Waals surface area contributed by atoms with Crippen LogP contribution in [0.25, 0.3) is 0 Å². The van der Waals surface area contributed by atoms with E-state index in [9.17, 15) is 39.6 Å². The quantitative estimate of drug-likeness (QED) is 0.633. The van der Waals surface area contributed by atoms with Crippen molar-refractivity contribution in [3.63, 3.8) is 0 Å². The first-order chi connectivity index (χ1) is 13.7.